The highest BCUT2D eigenvalue weighted by atomic mass is 16.5. The number of nitrogens with one attached hydrogen (secondary N) is 1. The Hall–Kier alpha value is -3.01. The quantitative estimate of drug-likeness (QED) is 0.843. The van der Waals surface area contributed by atoms with Gasteiger partial charge in [0.05, 0.1) is 5.69 Å². The second kappa shape index (κ2) is 7.70. The van der Waals surface area contributed by atoms with Crippen LogP contribution in [0.4, 0.5) is 10.5 Å². The maximum atomic E-state index is 12.5. The number of amides is 3. The number of rotatable bonds is 3. The van der Waals surface area contributed by atoms with Gasteiger partial charge in [-0.15, -0.1) is 5.10 Å². The highest BCUT2D eigenvalue weighted by molar-refractivity contribution is 5.89. The Morgan fingerprint density at radius 3 is 2.44 bits per heavy atom. The summed E-state index contributed by atoms with van der Waals surface area (Å²) in [6, 6.07) is 7.07. The number of aromatic nitrogens is 4. The van der Waals surface area contributed by atoms with Gasteiger partial charge in [0.1, 0.15) is 12.4 Å². The summed E-state index contributed by atoms with van der Waals surface area (Å²) in [5.41, 5.74) is 1.49. The van der Waals surface area contributed by atoms with Gasteiger partial charge in [-0.3, -0.25) is 4.79 Å². The fraction of sp³-hybridized carbons (Fsp3) is 0.471. The van der Waals surface area contributed by atoms with Crippen molar-refractivity contribution >= 4 is 17.6 Å². The first kappa shape index (κ1) is 17.4. The molecule has 2 fully saturated rings. The van der Waals surface area contributed by atoms with Crippen LogP contribution in [0.3, 0.4) is 0 Å². The zero-order valence-electron chi connectivity index (χ0n) is 14.8. The van der Waals surface area contributed by atoms with Gasteiger partial charge in [0.25, 0.3) is 5.91 Å². The van der Waals surface area contributed by atoms with Gasteiger partial charge >= 0.3 is 6.03 Å². The van der Waals surface area contributed by atoms with Gasteiger partial charge in [0, 0.05) is 38.5 Å². The van der Waals surface area contributed by atoms with Gasteiger partial charge in [-0.25, -0.2) is 9.48 Å². The van der Waals surface area contributed by atoms with Crippen LogP contribution in [0, 0.1) is 0 Å². The fourth-order valence-electron chi connectivity index (χ4n) is 3.29. The molecule has 0 spiro atoms. The molecule has 1 unspecified atom stereocenters. The van der Waals surface area contributed by atoms with Gasteiger partial charge in [-0.05, 0) is 47.5 Å². The molecule has 2 aliphatic rings. The van der Waals surface area contributed by atoms with E-state index in [4.69, 9.17) is 4.74 Å². The van der Waals surface area contributed by atoms with Crippen LogP contribution >= 0.6 is 0 Å². The molecule has 0 bridgehead atoms. The van der Waals surface area contributed by atoms with Crippen molar-refractivity contribution in [2.24, 2.45) is 0 Å². The summed E-state index contributed by atoms with van der Waals surface area (Å²) in [5.74, 6) is 0.0470. The van der Waals surface area contributed by atoms with E-state index >= 15 is 0 Å². The van der Waals surface area contributed by atoms with Crippen molar-refractivity contribution < 1.29 is 14.3 Å². The summed E-state index contributed by atoms with van der Waals surface area (Å²) in [7, 11) is 0. The summed E-state index contributed by atoms with van der Waals surface area (Å²) in [5, 5.41) is 13.9. The standard InChI is InChI=1S/C17H21N7O3/c25-16(15-2-1-11-27-15)22-7-9-23(10-8-22)17(26)19-13-3-5-14(6-4-13)24-12-18-20-21-24/h3-6,12,15H,1-2,7-11H2,(H,19,26). The number of benzene rings is 1. The SMILES string of the molecule is O=C(Nc1ccc(-n2cnnn2)cc1)N1CCN(C(=O)C2CCCO2)CC1. The number of carbonyl (C=O) groups excluding carboxylic acids is 2. The number of ether oxygens (including phenoxy) is 1. The van der Waals surface area contributed by atoms with Crippen LogP contribution in [0.25, 0.3) is 5.69 Å². The first-order valence-electron chi connectivity index (χ1n) is 9.00. The fourth-order valence-corrected chi connectivity index (χ4v) is 3.29. The highest BCUT2D eigenvalue weighted by Gasteiger charge is 2.31. The number of hydrogen-bond donors (Lipinski definition) is 1. The monoisotopic (exact) mass is 371 g/mol. The Kier molecular flexibility index (Phi) is 4.97. The lowest BCUT2D eigenvalue weighted by atomic mass is 10.2. The number of carbonyl (C=O) groups is 2. The zero-order chi connectivity index (χ0) is 18.6. The second-order valence-corrected chi connectivity index (χ2v) is 6.55. The van der Waals surface area contributed by atoms with Crippen molar-refractivity contribution in [1.29, 1.82) is 0 Å². The third-order valence-electron chi connectivity index (χ3n) is 4.82. The van der Waals surface area contributed by atoms with Crippen molar-refractivity contribution in [2.75, 3.05) is 38.1 Å². The Morgan fingerprint density at radius 1 is 1.07 bits per heavy atom. The van der Waals surface area contributed by atoms with Gasteiger partial charge in [-0.2, -0.15) is 0 Å². The molecular weight excluding hydrogens is 350 g/mol. The van der Waals surface area contributed by atoms with Gasteiger partial charge in [-0.1, -0.05) is 0 Å². The minimum absolute atomic E-state index is 0.0470. The van der Waals surface area contributed by atoms with E-state index < -0.39 is 0 Å². The first-order chi connectivity index (χ1) is 13.2. The number of anilines is 1. The molecule has 3 amide bonds. The molecule has 1 N–H and O–H groups in total. The normalized spacial score (nSPS) is 19.9. The van der Waals surface area contributed by atoms with E-state index in [0.717, 1.165) is 18.5 Å². The third kappa shape index (κ3) is 3.90. The molecule has 4 rings (SSSR count). The van der Waals surface area contributed by atoms with Crippen molar-refractivity contribution in [3.8, 4) is 5.69 Å². The van der Waals surface area contributed by atoms with E-state index in [0.29, 0.717) is 38.5 Å². The van der Waals surface area contributed by atoms with Crippen LogP contribution < -0.4 is 5.32 Å². The Balaban J connectivity index is 1.28. The van der Waals surface area contributed by atoms with Crippen molar-refractivity contribution in [1.82, 2.24) is 30.0 Å². The lowest BCUT2D eigenvalue weighted by Crippen LogP contribution is -2.53. The van der Waals surface area contributed by atoms with E-state index in [-0.39, 0.29) is 18.0 Å². The summed E-state index contributed by atoms with van der Waals surface area (Å²) in [4.78, 5) is 28.3. The molecule has 0 aliphatic carbocycles. The lowest BCUT2D eigenvalue weighted by molar-refractivity contribution is -0.142. The van der Waals surface area contributed by atoms with E-state index in [1.807, 2.05) is 12.1 Å². The highest BCUT2D eigenvalue weighted by Crippen LogP contribution is 2.17. The van der Waals surface area contributed by atoms with Crippen LogP contribution in [0.1, 0.15) is 12.8 Å². The maximum absolute atomic E-state index is 12.5. The number of nitrogens with zero attached hydrogens (tertiary/aromatic N) is 6. The minimum atomic E-state index is -0.302. The number of hydrogen-bond acceptors (Lipinski definition) is 6. The number of urea groups is 1. The molecule has 1 atom stereocenters. The number of tetrazole rings is 1. The third-order valence-corrected chi connectivity index (χ3v) is 4.82. The second-order valence-electron chi connectivity index (χ2n) is 6.55. The Labute approximate surface area is 156 Å². The molecule has 27 heavy (non-hydrogen) atoms. The minimum Gasteiger partial charge on any atom is -0.368 e. The Morgan fingerprint density at radius 2 is 1.81 bits per heavy atom. The van der Waals surface area contributed by atoms with Crippen molar-refractivity contribution in [2.45, 2.75) is 18.9 Å². The molecular formula is C17H21N7O3. The van der Waals surface area contributed by atoms with Gasteiger partial charge < -0.3 is 19.9 Å². The van der Waals surface area contributed by atoms with Crippen LogP contribution in [0.5, 0.6) is 0 Å². The number of piperazine rings is 1. The predicted octanol–water partition coefficient (Wildman–Crippen LogP) is 0.517. The van der Waals surface area contributed by atoms with Gasteiger partial charge in [0.2, 0.25) is 0 Å². The van der Waals surface area contributed by atoms with E-state index in [2.05, 4.69) is 20.8 Å². The Bertz CT molecular complexity index is 779. The van der Waals surface area contributed by atoms with Gasteiger partial charge in [0.15, 0.2) is 0 Å². The molecule has 10 heteroatoms. The summed E-state index contributed by atoms with van der Waals surface area (Å²) in [6.07, 6.45) is 2.93. The van der Waals surface area contributed by atoms with E-state index in [9.17, 15) is 9.59 Å². The van der Waals surface area contributed by atoms with Crippen LogP contribution in [-0.4, -0.2) is 80.8 Å². The molecule has 2 aromatic rings. The predicted molar refractivity (Wildman–Crippen MR) is 95.3 cm³/mol. The summed E-state index contributed by atoms with van der Waals surface area (Å²) < 4.78 is 7.00. The lowest BCUT2D eigenvalue weighted by Gasteiger charge is -2.35. The molecule has 2 saturated heterocycles. The first-order valence-corrected chi connectivity index (χ1v) is 9.00. The average Bonchev–Trinajstić information content (AvgIpc) is 3.42. The molecule has 0 radical (unpaired) electrons. The summed E-state index contributed by atoms with van der Waals surface area (Å²) >= 11 is 0. The topological polar surface area (TPSA) is 105 Å². The van der Waals surface area contributed by atoms with E-state index in [1.165, 1.54) is 11.0 Å². The van der Waals surface area contributed by atoms with E-state index in [1.54, 1.807) is 21.9 Å². The smallest absolute Gasteiger partial charge is 0.321 e. The summed E-state index contributed by atoms with van der Waals surface area (Å²) in [6.45, 7) is 2.74. The average molecular weight is 371 g/mol. The molecule has 0 saturated carbocycles. The van der Waals surface area contributed by atoms with Crippen molar-refractivity contribution in [3.05, 3.63) is 30.6 Å². The maximum Gasteiger partial charge on any atom is 0.321 e. The van der Waals surface area contributed by atoms with Crippen molar-refractivity contribution in [3.63, 3.8) is 0 Å². The van der Waals surface area contributed by atoms with Crippen LogP contribution in [0.15, 0.2) is 30.6 Å². The molecule has 1 aromatic heterocycles. The van der Waals surface area contributed by atoms with Crippen LogP contribution in [-0.2, 0) is 9.53 Å². The largest absolute Gasteiger partial charge is 0.368 e. The molecule has 142 valence electrons. The molecule has 10 nitrogen and oxygen atoms in total. The zero-order valence-corrected chi connectivity index (χ0v) is 14.8. The molecule has 3 heterocycles. The molecule has 2 aliphatic heterocycles. The van der Waals surface area contributed by atoms with Crippen LogP contribution in [0.2, 0.25) is 0 Å². The molecule has 1 aromatic carbocycles.